The number of aromatic hydroxyl groups is 1. The molecule has 0 unspecified atom stereocenters. The van der Waals surface area contributed by atoms with Gasteiger partial charge in [-0.2, -0.15) is 0 Å². The molecule has 0 aromatic carbocycles. The van der Waals surface area contributed by atoms with Crippen molar-refractivity contribution in [2.75, 3.05) is 0 Å². The van der Waals surface area contributed by atoms with Gasteiger partial charge in [0, 0.05) is 6.07 Å². The van der Waals surface area contributed by atoms with Crippen molar-refractivity contribution >= 4 is 11.6 Å². The van der Waals surface area contributed by atoms with Crippen molar-refractivity contribution in [1.29, 1.82) is 0 Å². The molecule has 0 spiro atoms. The molecule has 3 nitrogen and oxygen atoms in total. The van der Waals surface area contributed by atoms with Crippen LogP contribution in [0.2, 0.25) is 5.02 Å². The molecule has 1 aromatic heterocycles. The molecule has 10 heavy (non-hydrogen) atoms. The molecule has 0 aliphatic rings. The monoisotopic (exact) mass is 160 g/mol. The Kier molecular flexibility index (Phi) is 1.68. The summed E-state index contributed by atoms with van der Waals surface area (Å²) in [5.41, 5.74) is -0.709. The maximum atomic E-state index is 10.6. The molecule has 1 rings (SSSR count). The first kappa shape index (κ1) is 7.15. The van der Waals surface area contributed by atoms with Gasteiger partial charge in [0.05, 0.1) is 0 Å². The molecule has 0 radical (unpaired) electrons. The van der Waals surface area contributed by atoms with Crippen LogP contribution >= 0.6 is 11.6 Å². The lowest BCUT2D eigenvalue weighted by Crippen LogP contribution is -1.99. The highest BCUT2D eigenvalue weighted by molar-refractivity contribution is 6.31. The molecular formula is C6H5ClO3. The van der Waals surface area contributed by atoms with Gasteiger partial charge in [-0.15, -0.1) is 0 Å². The zero-order chi connectivity index (χ0) is 7.72. The zero-order valence-electron chi connectivity index (χ0n) is 5.22. The number of halogens is 1. The van der Waals surface area contributed by atoms with Gasteiger partial charge < -0.3 is 9.52 Å². The van der Waals surface area contributed by atoms with Gasteiger partial charge in [0.15, 0.2) is 5.02 Å². The van der Waals surface area contributed by atoms with Gasteiger partial charge in [0.1, 0.15) is 11.5 Å². The highest BCUT2D eigenvalue weighted by Crippen LogP contribution is 2.18. The number of aryl methyl sites for hydroxylation is 1. The first-order valence-corrected chi connectivity index (χ1v) is 2.98. The van der Waals surface area contributed by atoms with Crippen LogP contribution in [-0.4, -0.2) is 5.11 Å². The third-order valence-corrected chi connectivity index (χ3v) is 1.35. The van der Waals surface area contributed by atoms with Crippen molar-refractivity contribution in [3.8, 4) is 5.75 Å². The normalized spacial score (nSPS) is 9.80. The average molecular weight is 161 g/mol. The maximum Gasteiger partial charge on any atom is 0.358 e. The predicted molar refractivity (Wildman–Crippen MR) is 36.4 cm³/mol. The molecule has 54 valence electrons. The molecule has 0 atom stereocenters. The lowest BCUT2D eigenvalue weighted by atomic mass is 10.4. The van der Waals surface area contributed by atoms with Crippen LogP contribution < -0.4 is 5.63 Å². The Labute approximate surface area is 61.9 Å². The SMILES string of the molecule is Cc1cc(O)c(Cl)c(=O)o1. The summed E-state index contributed by atoms with van der Waals surface area (Å²) in [5, 5.41) is 8.62. The van der Waals surface area contributed by atoms with Crippen molar-refractivity contribution in [1.82, 2.24) is 0 Å². The van der Waals surface area contributed by atoms with Crippen LogP contribution in [-0.2, 0) is 0 Å². The van der Waals surface area contributed by atoms with E-state index >= 15 is 0 Å². The first-order valence-electron chi connectivity index (χ1n) is 2.60. The second kappa shape index (κ2) is 2.34. The lowest BCUT2D eigenvalue weighted by Gasteiger charge is -1.93. The quantitative estimate of drug-likeness (QED) is 0.623. The Balaban J connectivity index is 3.46. The fourth-order valence-electron chi connectivity index (χ4n) is 0.581. The van der Waals surface area contributed by atoms with Crippen molar-refractivity contribution in [2.24, 2.45) is 0 Å². The minimum absolute atomic E-state index is 0.240. The minimum atomic E-state index is -0.709. The second-order valence-corrected chi connectivity index (χ2v) is 2.22. The highest BCUT2D eigenvalue weighted by atomic mass is 35.5. The molecule has 0 bridgehead atoms. The molecule has 0 fully saturated rings. The Morgan fingerprint density at radius 3 is 2.80 bits per heavy atom. The molecule has 0 saturated heterocycles. The third kappa shape index (κ3) is 1.14. The van der Waals surface area contributed by atoms with E-state index in [-0.39, 0.29) is 10.8 Å². The molecule has 4 heteroatoms. The predicted octanol–water partition coefficient (Wildman–Crippen LogP) is 1.31. The van der Waals surface area contributed by atoms with E-state index in [1.807, 2.05) is 0 Å². The largest absolute Gasteiger partial charge is 0.506 e. The Morgan fingerprint density at radius 2 is 2.30 bits per heavy atom. The van der Waals surface area contributed by atoms with Gasteiger partial charge >= 0.3 is 5.63 Å². The van der Waals surface area contributed by atoms with Crippen molar-refractivity contribution < 1.29 is 9.52 Å². The van der Waals surface area contributed by atoms with Crippen LogP contribution in [0, 0.1) is 6.92 Å². The van der Waals surface area contributed by atoms with Crippen LogP contribution in [0.5, 0.6) is 5.75 Å². The van der Waals surface area contributed by atoms with Crippen molar-refractivity contribution in [3.63, 3.8) is 0 Å². The molecule has 0 aliphatic heterocycles. The topological polar surface area (TPSA) is 50.4 Å². The Hall–Kier alpha value is -0.960. The molecule has 1 heterocycles. The Bertz CT molecular complexity index is 302. The summed E-state index contributed by atoms with van der Waals surface area (Å²) < 4.78 is 4.54. The summed E-state index contributed by atoms with van der Waals surface area (Å²) in [4.78, 5) is 10.6. The van der Waals surface area contributed by atoms with E-state index in [0.717, 1.165) is 0 Å². The van der Waals surface area contributed by atoms with Crippen LogP contribution in [0.1, 0.15) is 5.76 Å². The fraction of sp³-hybridized carbons (Fsp3) is 0.167. The Morgan fingerprint density at radius 1 is 1.70 bits per heavy atom. The molecule has 1 aromatic rings. The van der Waals surface area contributed by atoms with Gasteiger partial charge in [-0.3, -0.25) is 0 Å². The highest BCUT2D eigenvalue weighted by Gasteiger charge is 2.04. The van der Waals surface area contributed by atoms with Gasteiger partial charge in [0.25, 0.3) is 0 Å². The van der Waals surface area contributed by atoms with E-state index in [2.05, 4.69) is 4.42 Å². The summed E-state index contributed by atoms with van der Waals surface area (Å²) >= 11 is 5.29. The minimum Gasteiger partial charge on any atom is -0.506 e. The zero-order valence-corrected chi connectivity index (χ0v) is 5.97. The van der Waals surface area contributed by atoms with Gasteiger partial charge in [0.2, 0.25) is 0 Å². The summed E-state index contributed by atoms with van der Waals surface area (Å²) in [5.74, 6) is 0.0994. The van der Waals surface area contributed by atoms with E-state index in [1.165, 1.54) is 6.07 Å². The van der Waals surface area contributed by atoms with Crippen LogP contribution in [0.3, 0.4) is 0 Å². The molecule has 0 aliphatic carbocycles. The number of hydrogen-bond donors (Lipinski definition) is 1. The molecule has 1 N–H and O–H groups in total. The van der Waals surface area contributed by atoms with Crippen LogP contribution in [0.15, 0.2) is 15.3 Å². The summed E-state index contributed by atoms with van der Waals surface area (Å²) in [6, 6.07) is 1.28. The maximum absolute atomic E-state index is 10.6. The second-order valence-electron chi connectivity index (χ2n) is 1.84. The fourth-order valence-corrected chi connectivity index (χ4v) is 0.674. The first-order chi connectivity index (χ1) is 4.61. The number of hydrogen-bond acceptors (Lipinski definition) is 3. The molecular weight excluding hydrogens is 156 g/mol. The van der Waals surface area contributed by atoms with E-state index in [1.54, 1.807) is 6.92 Å². The van der Waals surface area contributed by atoms with E-state index in [4.69, 9.17) is 16.7 Å². The summed E-state index contributed by atoms with van der Waals surface area (Å²) in [6.45, 7) is 1.55. The summed E-state index contributed by atoms with van der Waals surface area (Å²) in [7, 11) is 0. The smallest absolute Gasteiger partial charge is 0.358 e. The third-order valence-electron chi connectivity index (χ3n) is 0.998. The van der Waals surface area contributed by atoms with Gasteiger partial charge in [-0.05, 0) is 6.92 Å². The van der Waals surface area contributed by atoms with E-state index < -0.39 is 5.63 Å². The molecule has 0 amide bonds. The van der Waals surface area contributed by atoms with Crippen LogP contribution in [0.4, 0.5) is 0 Å². The van der Waals surface area contributed by atoms with Crippen molar-refractivity contribution in [2.45, 2.75) is 6.92 Å². The standard InChI is InChI=1S/C6H5ClO3/c1-3-2-4(8)5(7)6(9)10-3/h2,8H,1H3. The van der Waals surface area contributed by atoms with Gasteiger partial charge in [-0.25, -0.2) is 4.79 Å². The number of rotatable bonds is 0. The summed E-state index contributed by atoms with van der Waals surface area (Å²) in [6.07, 6.45) is 0. The lowest BCUT2D eigenvalue weighted by molar-refractivity contribution is 0.435. The van der Waals surface area contributed by atoms with E-state index in [0.29, 0.717) is 5.76 Å². The molecule has 0 saturated carbocycles. The van der Waals surface area contributed by atoms with Crippen molar-refractivity contribution in [3.05, 3.63) is 27.3 Å². The van der Waals surface area contributed by atoms with E-state index in [9.17, 15) is 4.79 Å². The van der Waals surface area contributed by atoms with Crippen LogP contribution in [0.25, 0.3) is 0 Å². The van der Waals surface area contributed by atoms with Gasteiger partial charge in [-0.1, -0.05) is 11.6 Å². The average Bonchev–Trinajstić information content (AvgIpc) is 1.82.